The lowest BCUT2D eigenvalue weighted by Crippen LogP contribution is -2.41. The molecule has 2 aromatic carbocycles. The zero-order valence-electron chi connectivity index (χ0n) is 11.7. The van der Waals surface area contributed by atoms with Gasteiger partial charge >= 0.3 is 0 Å². The van der Waals surface area contributed by atoms with Crippen LogP contribution < -0.4 is 0 Å². The van der Waals surface area contributed by atoms with E-state index in [1.807, 2.05) is 12.1 Å². The minimum Gasteiger partial charge on any atom is -0.379 e. The molecule has 0 saturated carbocycles. The largest absolute Gasteiger partial charge is 0.379 e. The zero-order chi connectivity index (χ0) is 14.2. The summed E-state index contributed by atoms with van der Waals surface area (Å²) >= 11 is 1.72. The molecule has 2 aliphatic heterocycles. The van der Waals surface area contributed by atoms with Gasteiger partial charge in [-0.25, -0.2) is 0 Å². The van der Waals surface area contributed by atoms with Crippen molar-refractivity contribution in [2.45, 2.75) is 10.1 Å². The van der Waals surface area contributed by atoms with Gasteiger partial charge in [0.1, 0.15) is 0 Å². The van der Waals surface area contributed by atoms with Gasteiger partial charge in [0.15, 0.2) is 5.78 Å². The highest BCUT2D eigenvalue weighted by Crippen LogP contribution is 2.39. The molecule has 1 fully saturated rings. The molecule has 3 nitrogen and oxygen atoms in total. The fourth-order valence-electron chi connectivity index (χ4n) is 3.03. The SMILES string of the molecule is O=C1c2cc3ccccc3cc2SC1CN1CCOCC1. The van der Waals surface area contributed by atoms with E-state index in [9.17, 15) is 4.79 Å². The van der Waals surface area contributed by atoms with E-state index in [0.29, 0.717) is 0 Å². The number of rotatable bonds is 2. The minimum absolute atomic E-state index is 0.0370. The maximum absolute atomic E-state index is 12.6. The Morgan fingerprint density at radius 2 is 1.86 bits per heavy atom. The Hall–Kier alpha value is -1.36. The van der Waals surface area contributed by atoms with Crippen LogP contribution in [0.5, 0.6) is 0 Å². The van der Waals surface area contributed by atoms with Gasteiger partial charge in [0, 0.05) is 30.1 Å². The Labute approximate surface area is 128 Å². The summed E-state index contributed by atoms with van der Waals surface area (Å²) in [6, 6.07) is 12.5. The first-order valence-electron chi connectivity index (χ1n) is 7.35. The minimum atomic E-state index is 0.0370. The van der Waals surface area contributed by atoms with Crippen LogP contribution in [-0.4, -0.2) is 48.8 Å². The zero-order valence-corrected chi connectivity index (χ0v) is 12.6. The first-order valence-corrected chi connectivity index (χ1v) is 8.23. The number of hydrogen-bond acceptors (Lipinski definition) is 4. The van der Waals surface area contributed by atoms with Crippen molar-refractivity contribution in [3.8, 4) is 0 Å². The highest BCUT2D eigenvalue weighted by Gasteiger charge is 2.33. The molecular weight excluding hydrogens is 282 g/mol. The lowest BCUT2D eigenvalue weighted by molar-refractivity contribution is 0.0378. The van der Waals surface area contributed by atoms with Gasteiger partial charge in [-0.2, -0.15) is 0 Å². The van der Waals surface area contributed by atoms with Gasteiger partial charge in [0.25, 0.3) is 0 Å². The van der Waals surface area contributed by atoms with Crippen LogP contribution in [0.25, 0.3) is 10.8 Å². The molecule has 0 aromatic heterocycles. The fraction of sp³-hybridized carbons (Fsp3) is 0.353. The topological polar surface area (TPSA) is 29.5 Å². The molecule has 2 heterocycles. The third-order valence-electron chi connectivity index (χ3n) is 4.20. The Morgan fingerprint density at radius 1 is 1.14 bits per heavy atom. The summed E-state index contributed by atoms with van der Waals surface area (Å²) in [5.74, 6) is 0.284. The molecule has 2 aliphatic rings. The fourth-order valence-corrected chi connectivity index (χ4v) is 4.34. The highest BCUT2D eigenvalue weighted by atomic mass is 32.2. The summed E-state index contributed by atoms with van der Waals surface area (Å²) in [5.41, 5.74) is 0.900. The van der Waals surface area contributed by atoms with Crippen molar-refractivity contribution in [2.75, 3.05) is 32.8 Å². The van der Waals surface area contributed by atoms with E-state index >= 15 is 0 Å². The van der Waals surface area contributed by atoms with Crippen molar-refractivity contribution in [1.29, 1.82) is 0 Å². The van der Waals surface area contributed by atoms with Crippen molar-refractivity contribution in [3.05, 3.63) is 42.0 Å². The number of ether oxygens (including phenoxy) is 1. The first-order chi connectivity index (χ1) is 10.3. The molecule has 0 bridgehead atoms. The van der Waals surface area contributed by atoms with Crippen molar-refractivity contribution >= 4 is 28.3 Å². The molecule has 1 unspecified atom stereocenters. The highest BCUT2D eigenvalue weighted by molar-refractivity contribution is 8.01. The standard InChI is InChI=1S/C17H17NO2S/c19-17-14-9-12-3-1-2-4-13(12)10-15(14)21-16(17)11-18-5-7-20-8-6-18/h1-4,9-10,16H,5-8,11H2. The number of nitrogens with zero attached hydrogens (tertiary/aromatic N) is 1. The third kappa shape index (κ3) is 2.48. The molecule has 1 atom stereocenters. The van der Waals surface area contributed by atoms with Crippen molar-refractivity contribution in [2.24, 2.45) is 0 Å². The van der Waals surface area contributed by atoms with Crippen LogP contribution in [-0.2, 0) is 4.74 Å². The van der Waals surface area contributed by atoms with Gasteiger partial charge in [0.05, 0.1) is 18.5 Å². The summed E-state index contributed by atoms with van der Waals surface area (Å²) < 4.78 is 5.37. The van der Waals surface area contributed by atoms with Gasteiger partial charge < -0.3 is 4.74 Å². The molecule has 1 saturated heterocycles. The van der Waals surface area contributed by atoms with E-state index in [-0.39, 0.29) is 11.0 Å². The molecular formula is C17H17NO2S. The quantitative estimate of drug-likeness (QED) is 0.853. The lowest BCUT2D eigenvalue weighted by atomic mass is 10.0. The molecule has 0 aliphatic carbocycles. The Kier molecular flexibility index (Phi) is 3.45. The molecule has 0 spiro atoms. The molecule has 21 heavy (non-hydrogen) atoms. The second kappa shape index (κ2) is 5.44. The normalized spacial score (nSPS) is 22.7. The molecule has 0 amide bonds. The van der Waals surface area contributed by atoms with E-state index in [1.54, 1.807) is 11.8 Å². The maximum Gasteiger partial charge on any atom is 0.178 e. The summed E-state index contributed by atoms with van der Waals surface area (Å²) in [4.78, 5) is 16.1. The summed E-state index contributed by atoms with van der Waals surface area (Å²) in [6.45, 7) is 4.26. The maximum atomic E-state index is 12.6. The summed E-state index contributed by atoms with van der Waals surface area (Å²) in [7, 11) is 0. The number of carbonyl (C=O) groups excluding carboxylic acids is 1. The first kappa shape index (κ1) is 13.3. The van der Waals surface area contributed by atoms with E-state index in [0.717, 1.165) is 48.7 Å². The molecule has 0 N–H and O–H groups in total. The number of thioether (sulfide) groups is 1. The third-order valence-corrected chi connectivity index (χ3v) is 5.44. The predicted octanol–water partition coefficient (Wildman–Crippen LogP) is 2.83. The van der Waals surface area contributed by atoms with Crippen LogP contribution in [0.3, 0.4) is 0 Å². The average Bonchev–Trinajstić information content (AvgIpc) is 2.82. The van der Waals surface area contributed by atoms with Gasteiger partial charge in [-0.1, -0.05) is 24.3 Å². The van der Waals surface area contributed by atoms with Gasteiger partial charge in [-0.05, 0) is 22.9 Å². The van der Waals surface area contributed by atoms with Crippen LogP contribution in [0.4, 0.5) is 0 Å². The van der Waals surface area contributed by atoms with Crippen LogP contribution in [0.15, 0.2) is 41.3 Å². The number of ketones is 1. The second-order valence-corrected chi connectivity index (χ2v) is 6.82. The van der Waals surface area contributed by atoms with Crippen LogP contribution in [0.2, 0.25) is 0 Å². The van der Waals surface area contributed by atoms with Crippen molar-refractivity contribution < 1.29 is 9.53 Å². The van der Waals surface area contributed by atoms with Gasteiger partial charge in [-0.15, -0.1) is 11.8 Å². The monoisotopic (exact) mass is 299 g/mol. The number of Topliss-reactive ketones (excluding diaryl/α,β-unsaturated/α-hetero) is 1. The van der Waals surface area contributed by atoms with Crippen LogP contribution >= 0.6 is 11.8 Å². The van der Waals surface area contributed by atoms with E-state index in [4.69, 9.17) is 4.74 Å². The van der Waals surface area contributed by atoms with Crippen molar-refractivity contribution in [1.82, 2.24) is 4.90 Å². The lowest BCUT2D eigenvalue weighted by Gasteiger charge is -2.28. The van der Waals surface area contributed by atoms with E-state index in [2.05, 4.69) is 29.2 Å². The number of hydrogen-bond donors (Lipinski definition) is 0. The molecule has 108 valence electrons. The Bertz CT molecular complexity index is 694. The summed E-state index contributed by atoms with van der Waals surface area (Å²) in [6.07, 6.45) is 0. The summed E-state index contributed by atoms with van der Waals surface area (Å²) in [5, 5.41) is 2.40. The number of morpholine rings is 1. The van der Waals surface area contributed by atoms with Crippen LogP contribution in [0.1, 0.15) is 10.4 Å². The molecule has 4 rings (SSSR count). The molecule has 0 radical (unpaired) electrons. The predicted molar refractivity (Wildman–Crippen MR) is 85.2 cm³/mol. The molecule has 2 aromatic rings. The van der Waals surface area contributed by atoms with E-state index in [1.165, 1.54) is 5.39 Å². The second-order valence-electron chi connectivity index (χ2n) is 5.58. The van der Waals surface area contributed by atoms with Crippen molar-refractivity contribution in [3.63, 3.8) is 0 Å². The number of fused-ring (bicyclic) bond motifs is 2. The number of carbonyl (C=O) groups is 1. The smallest absolute Gasteiger partial charge is 0.178 e. The Morgan fingerprint density at radius 3 is 2.62 bits per heavy atom. The molecule has 4 heteroatoms. The van der Waals surface area contributed by atoms with Crippen LogP contribution in [0, 0.1) is 0 Å². The Balaban J connectivity index is 1.60. The van der Waals surface area contributed by atoms with Gasteiger partial charge in [-0.3, -0.25) is 9.69 Å². The van der Waals surface area contributed by atoms with Gasteiger partial charge in [0.2, 0.25) is 0 Å². The van der Waals surface area contributed by atoms with E-state index < -0.39 is 0 Å². The number of benzene rings is 2. The average molecular weight is 299 g/mol.